The Hall–Kier alpha value is -2.44. The van der Waals surface area contributed by atoms with Crippen LogP contribution in [0.1, 0.15) is 50.4 Å². The third-order valence-electron chi connectivity index (χ3n) is 6.68. The van der Waals surface area contributed by atoms with Gasteiger partial charge in [-0.2, -0.15) is 0 Å². The van der Waals surface area contributed by atoms with Gasteiger partial charge in [0.2, 0.25) is 5.91 Å². The number of amides is 2. The zero-order chi connectivity index (χ0) is 20.1. The number of nitrogens with zero attached hydrogens (tertiary/aromatic N) is 4. The highest BCUT2D eigenvalue weighted by Gasteiger charge is 2.49. The molecule has 3 heterocycles. The summed E-state index contributed by atoms with van der Waals surface area (Å²) in [6, 6.07) is 1.75. The van der Waals surface area contributed by atoms with Crippen molar-refractivity contribution < 1.29 is 9.59 Å². The highest BCUT2D eigenvalue weighted by molar-refractivity contribution is 6.04. The average Bonchev–Trinajstić information content (AvgIpc) is 3.03. The zero-order valence-corrected chi connectivity index (χ0v) is 17.1. The van der Waals surface area contributed by atoms with E-state index in [0.717, 1.165) is 25.8 Å². The molecular weight excluding hydrogens is 354 g/mol. The number of hydrogen-bond donors (Lipinski definition) is 1. The third kappa shape index (κ3) is 3.16. The van der Waals surface area contributed by atoms with E-state index in [-0.39, 0.29) is 29.2 Å². The molecule has 1 aliphatic heterocycles. The Morgan fingerprint density at radius 3 is 2.86 bits per heavy atom. The van der Waals surface area contributed by atoms with Gasteiger partial charge in [-0.05, 0) is 51.0 Å². The summed E-state index contributed by atoms with van der Waals surface area (Å²) in [4.78, 5) is 36.5. The van der Waals surface area contributed by atoms with Crippen molar-refractivity contribution in [2.75, 3.05) is 13.1 Å². The van der Waals surface area contributed by atoms with Gasteiger partial charge in [-0.3, -0.25) is 9.59 Å². The summed E-state index contributed by atoms with van der Waals surface area (Å²) in [5.74, 6) is 0.949. The van der Waals surface area contributed by atoms with E-state index < -0.39 is 0 Å². The summed E-state index contributed by atoms with van der Waals surface area (Å²) in [5.41, 5.74) is 1.76. The summed E-state index contributed by atoms with van der Waals surface area (Å²) in [5, 5.41) is 3.18. The number of aryl methyl sites for hydroxylation is 1. The number of nitrogens with one attached hydrogen (secondary N) is 1. The Bertz CT molecular complexity index is 919. The monoisotopic (exact) mass is 383 g/mol. The molecule has 0 aromatic carbocycles. The van der Waals surface area contributed by atoms with Crippen LogP contribution < -0.4 is 5.32 Å². The number of fused-ring (bicyclic) bond motifs is 2. The minimum atomic E-state index is -0.187. The van der Waals surface area contributed by atoms with E-state index >= 15 is 0 Å². The molecule has 2 aliphatic rings. The van der Waals surface area contributed by atoms with Crippen molar-refractivity contribution in [3.05, 3.63) is 24.2 Å². The smallest absolute Gasteiger partial charge is 0.256 e. The van der Waals surface area contributed by atoms with Crippen LogP contribution in [0.5, 0.6) is 0 Å². The fraction of sp³-hybridized carbons (Fsp3) is 0.619. The number of aromatic nitrogens is 3. The molecule has 0 bridgehead atoms. The normalized spacial score (nSPS) is 24.6. The standard InChI is InChI=1S/C21H29N5O2/c1-5-21(2,3)24-19(27)15-10-13-7-9-26(11-16(13)15)20(28)14-6-8-22-18-17(14)23-12-25(18)4/h6,8,12-13,15-16H,5,7,9-11H2,1-4H3,(H,24,27)/t13-,15-,16-/m1/s1. The number of carbonyl (C=O) groups is 2. The lowest BCUT2D eigenvalue weighted by Crippen LogP contribution is -2.58. The Morgan fingerprint density at radius 2 is 2.11 bits per heavy atom. The van der Waals surface area contributed by atoms with Crippen molar-refractivity contribution in [2.45, 2.75) is 45.6 Å². The Balaban J connectivity index is 1.49. The molecule has 0 radical (unpaired) electrons. The molecule has 0 spiro atoms. The van der Waals surface area contributed by atoms with Crippen LogP contribution in [0.3, 0.4) is 0 Å². The van der Waals surface area contributed by atoms with Crippen LogP contribution in [-0.4, -0.2) is 49.9 Å². The van der Waals surface area contributed by atoms with Crippen molar-refractivity contribution in [1.29, 1.82) is 0 Å². The van der Waals surface area contributed by atoms with E-state index in [4.69, 9.17) is 0 Å². The van der Waals surface area contributed by atoms with Gasteiger partial charge in [-0.25, -0.2) is 9.97 Å². The van der Waals surface area contributed by atoms with Crippen molar-refractivity contribution in [2.24, 2.45) is 24.8 Å². The van der Waals surface area contributed by atoms with Gasteiger partial charge < -0.3 is 14.8 Å². The van der Waals surface area contributed by atoms with Gasteiger partial charge >= 0.3 is 0 Å². The molecule has 2 aromatic heterocycles. The topological polar surface area (TPSA) is 80.1 Å². The Kier molecular flexibility index (Phi) is 4.63. The highest BCUT2D eigenvalue weighted by Crippen LogP contribution is 2.46. The fourth-order valence-corrected chi connectivity index (χ4v) is 4.45. The molecule has 7 nitrogen and oxygen atoms in total. The van der Waals surface area contributed by atoms with E-state index in [2.05, 4.69) is 36.1 Å². The molecule has 2 fully saturated rings. The van der Waals surface area contributed by atoms with Gasteiger partial charge in [0.15, 0.2) is 5.65 Å². The second-order valence-electron chi connectivity index (χ2n) is 8.92. The van der Waals surface area contributed by atoms with Crippen LogP contribution in [0.25, 0.3) is 11.2 Å². The molecule has 4 rings (SSSR count). The minimum Gasteiger partial charge on any atom is -0.351 e. The van der Waals surface area contributed by atoms with E-state index in [1.165, 1.54) is 0 Å². The molecule has 1 aliphatic carbocycles. The number of carbonyl (C=O) groups excluding carboxylic acids is 2. The Morgan fingerprint density at radius 1 is 1.32 bits per heavy atom. The Labute approximate surface area is 165 Å². The number of pyridine rings is 1. The van der Waals surface area contributed by atoms with Gasteiger partial charge in [0, 0.05) is 37.8 Å². The maximum atomic E-state index is 13.2. The molecule has 1 N–H and O–H groups in total. The van der Waals surface area contributed by atoms with E-state index in [1.807, 2.05) is 16.5 Å². The number of imidazole rings is 1. The predicted octanol–water partition coefficient (Wildman–Crippen LogP) is 2.37. The number of piperidine rings is 1. The van der Waals surface area contributed by atoms with Crippen LogP contribution in [0, 0.1) is 17.8 Å². The van der Waals surface area contributed by atoms with Crippen molar-refractivity contribution in [3.63, 3.8) is 0 Å². The largest absolute Gasteiger partial charge is 0.351 e. The van der Waals surface area contributed by atoms with Gasteiger partial charge in [-0.1, -0.05) is 6.92 Å². The summed E-state index contributed by atoms with van der Waals surface area (Å²) in [6.45, 7) is 7.58. The summed E-state index contributed by atoms with van der Waals surface area (Å²) in [6.07, 6.45) is 6.15. The van der Waals surface area contributed by atoms with Crippen LogP contribution in [0.2, 0.25) is 0 Å². The van der Waals surface area contributed by atoms with Gasteiger partial charge in [0.05, 0.1) is 11.9 Å². The summed E-state index contributed by atoms with van der Waals surface area (Å²) < 4.78 is 1.82. The average molecular weight is 383 g/mol. The highest BCUT2D eigenvalue weighted by atomic mass is 16.2. The first-order valence-electron chi connectivity index (χ1n) is 10.2. The second kappa shape index (κ2) is 6.87. The fourth-order valence-electron chi connectivity index (χ4n) is 4.45. The first-order chi connectivity index (χ1) is 13.3. The molecule has 28 heavy (non-hydrogen) atoms. The molecule has 7 heteroatoms. The number of rotatable bonds is 4. The second-order valence-corrected chi connectivity index (χ2v) is 8.92. The SMILES string of the molecule is CCC(C)(C)NC(=O)[C@@H]1C[C@H]2CCN(C(=O)c3ccnc4c3ncn4C)C[C@H]21. The molecule has 2 aromatic rings. The molecular formula is C21H29N5O2. The molecule has 1 saturated heterocycles. The minimum absolute atomic E-state index is 0.00973. The molecule has 2 amide bonds. The van der Waals surface area contributed by atoms with E-state index in [0.29, 0.717) is 29.2 Å². The molecule has 1 saturated carbocycles. The molecule has 0 unspecified atom stereocenters. The number of hydrogen-bond acceptors (Lipinski definition) is 4. The lowest BCUT2D eigenvalue weighted by molar-refractivity contribution is -0.138. The van der Waals surface area contributed by atoms with Gasteiger partial charge in [-0.15, -0.1) is 0 Å². The predicted molar refractivity (Wildman–Crippen MR) is 107 cm³/mol. The first-order valence-corrected chi connectivity index (χ1v) is 10.2. The first kappa shape index (κ1) is 18.9. The van der Waals surface area contributed by atoms with Crippen LogP contribution >= 0.6 is 0 Å². The van der Waals surface area contributed by atoms with Crippen molar-refractivity contribution >= 4 is 23.0 Å². The molecule has 3 atom stereocenters. The lowest BCUT2D eigenvalue weighted by Gasteiger charge is -2.50. The third-order valence-corrected chi connectivity index (χ3v) is 6.68. The van der Waals surface area contributed by atoms with Crippen molar-refractivity contribution in [1.82, 2.24) is 24.8 Å². The maximum Gasteiger partial charge on any atom is 0.256 e. The van der Waals surface area contributed by atoms with Crippen LogP contribution in [0.4, 0.5) is 0 Å². The van der Waals surface area contributed by atoms with Gasteiger partial charge in [0.1, 0.15) is 5.52 Å². The lowest BCUT2D eigenvalue weighted by atomic mass is 9.61. The van der Waals surface area contributed by atoms with E-state index in [9.17, 15) is 9.59 Å². The van der Waals surface area contributed by atoms with Gasteiger partial charge in [0.25, 0.3) is 5.91 Å². The van der Waals surface area contributed by atoms with E-state index in [1.54, 1.807) is 18.6 Å². The number of likely N-dealkylation sites (tertiary alicyclic amines) is 1. The summed E-state index contributed by atoms with van der Waals surface area (Å²) in [7, 11) is 1.87. The summed E-state index contributed by atoms with van der Waals surface area (Å²) >= 11 is 0. The maximum absolute atomic E-state index is 13.2. The van der Waals surface area contributed by atoms with Crippen molar-refractivity contribution in [3.8, 4) is 0 Å². The quantitative estimate of drug-likeness (QED) is 0.879. The van der Waals surface area contributed by atoms with Crippen LogP contribution in [-0.2, 0) is 11.8 Å². The molecule has 150 valence electrons. The van der Waals surface area contributed by atoms with Crippen LogP contribution in [0.15, 0.2) is 18.6 Å². The zero-order valence-electron chi connectivity index (χ0n) is 17.1.